The number of thiazole rings is 1. The van der Waals surface area contributed by atoms with Crippen molar-refractivity contribution in [2.75, 3.05) is 62.0 Å². The molecule has 5 aromatic heterocycles. The molecule has 5 N–H and O–H groups in total. The van der Waals surface area contributed by atoms with E-state index >= 15 is 0 Å². The largest absolute Gasteiger partial charge is 0.478 e. The van der Waals surface area contributed by atoms with Crippen molar-refractivity contribution >= 4 is 108 Å². The fourth-order valence-corrected chi connectivity index (χ4v) is 11.4. The summed E-state index contributed by atoms with van der Waals surface area (Å²) in [6.07, 6.45) is 2.62. The zero-order valence-corrected chi connectivity index (χ0v) is 46.0. The zero-order valence-electron chi connectivity index (χ0n) is 44.4. The molecule has 3 aliphatic heterocycles. The Balaban J connectivity index is 0.896. The molecular weight excluding hydrogens is 1020 g/mol. The third-order valence-electron chi connectivity index (χ3n) is 14.8. The fraction of sp³-hybridized carbons (Fsp3) is 0.351. The number of methoxy groups -OCH3 is 1. The average molecular weight is 1080 g/mol. The monoisotopic (exact) mass is 1080 g/mol. The number of esters is 2. The molecule has 2 atom stereocenters. The van der Waals surface area contributed by atoms with Crippen LogP contribution in [0.15, 0.2) is 54.4 Å². The van der Waals surface area contributed by atoms with Gasteiger partial charge in [-0.05, 0) is 99.6 Å². The average Bonchev–Trinajstić information content (AvgIpc) is 4.24. The number of fused-ring (bicyclic) bond motifs is 8. The Morgan fingerprint density at radius 1 is 0.909 bits per heavy atom. The van der Waals surface area contributed by atoms with Crippen LogP contribution in [0.1, 0.15) is 118 Å². The molecule has 1 amide bonds. The number of benzene rings is 1. The van der Waals surface area contributed by atoms with E-state index in [0.29, 0.717) is 101 Å². The van der Waals surface area contributed by atoms with Crippen molar-refractivity contribution in [2.24, 2.45) is 0 Å². The summed E-state index contributed by atoms with van der Waals surface area (Å²) in [4.78, 5) is 88.8. The smallest absolute Gasteiger partial charge is 0.338 e. The van der Waals surface area contributed by atoms with E-state index in [0.717, 1.165) is 55.7 Å². The van der Waals surface area contributed by atoms with Crippen LogP contribution in [0.5, 0.6) is 0 Å². The summed E-state index contributed by atoms with van der Waals surface area (Å²) in [6, 6.07) is 13.2. The number of carboxylic acid groups (broad SMARTS) is 1. The number of halogens is 1. The fourth-order valence-electron chi connectivity index (χ4n) is 10.4. The van der Waals surface area contributed by atoms with Crippen molar-refractivity contribution in [3.05, 3.63) is 127 Å². The number of carbonyl (C=O) groups is 4. The topological polar surface area (TPSA) is 234 Å². The number of piperazine rings is 1. The van der Waals surface area contributed by atoms with Crippen molar-refractivity contribution in [3.8, 4) is 0 Å². The van der Waals surface area contributed by atoms with Gasteiger partial charge in [-0.25, -0.2) is 24.7 Å². The molecule has 9 rings (SSSR count). The molecule has 6 aromatic rings. The molecule has 400 valence electrons. The molecular formula is C57H62ClN11O7S. The highest BCUT2D eigenvalue weighted by Crippen LogP contribution is 2.44. The van der Waals surface area contributed by atoms with Crippen LogP contribution in [0.4, 0.5) is 22.5 Å². The molecule has 18 nitrogen and oxygen atoms in total. The summed E-state index contributed by atoms with van der Waals surface area (Å²) in [6.45, 7) is 21.2. The van der Waals surface area contributed by atoms with Gasteiger partial charge in [0.1, 0.15) is 29.8 Å². The maximum absolute atomic E-state index is 13.7. The standard InChI is InChI=1S/C57H62ClN11O7S/c1-10-35-30(4)40-24-42-32(6)37(53(63-42)38(23-50(71)75-9)54-51(56(73)74)33(7)43(64-54)26-45-36(11-2)31(5)41(62-45)25-44(35)61-40)15-16-49(70)76-22-21-68-17-19-69(20-18-68)48-27-47(59-34(8)60-48)66-57-65-46(28-77-57)55(72)67-52-29(3)13-12-14-39(52)58/h10,12-14,24-28,32,37,61-62H,1,11,15-23H2,2-9H3,(H,67,72)(H,73,74)(H,59,60,65,66)/t32-,37-/m0/s1. The third-order valence-corrected chi connectivity index (χ3v) is 15.9. The van der Waals surface area contributed by atoms with Crippen LogP contribution in [-0.4, -0.2) is 115 Å². The number of hydrogen-bond donors (Lipinski definition) is 5. The normalized spacial score (nSPS) is 15.6. The molecule has 0 aliphatic carbocycles. The van der Waals surface area contributed by atoms with Crippen LogP contribution in [-0.2, 0) is 36.7 Å². The minimum Gasteiger partial charge on any atom is -0.478 e. The second-order valence-electron chi connectivity index (χ2n) is 19.5. The van der Waals surface area contributed by atoms with Gasteiger partial charge in [0, 0.05) is 101 Å². The van der Waals surface area contributed by atoms with Gasteiger partial charge in [0.05, 0.1) is 46.9 Å². The van der Waals surface area contributed by atoms with E-state index in [4.69, 9.17) is 36.0 Å². The lowest BCUT2D eigenvalue weighted by Gasteiger charge is -2.35. The number of aryl methyl sites for hydroxylation is 5. The van der Waals surface area contributed by atoms with Gasteiger partial charge in [-0.15, -0.1) is 11.3 Å². The van der Waals surface area contributed by atoms with E-state index < -0.39 is 17.9 Å². The number of aromatic nitrogens is 7. The van der Waals surface area contributed by atoms with E-state index in [1.54, 1.807) is 18.4 Å². The van der Waals surface area contributed by atoms with E-state index in [9.17, 15) is 24.3 Å². The van der Waals surface area contributed by atoms with Gasteiger partial charge in [-0.2, -0.15) is 0 Å². The molecule has 20 heteroatoms. The highest BCUT2D eigenvalue weighted by atomic mass is 35.5. The summed E-state index contributed by atoms with van der Waals surface area (Å²) in [5.41, 5.74) is 11.6. The van der Waals surface area contributed by atoms with Crippen molar-refractivity contribution in [2.45, 2.75) is 86.0 Å². The van der Waals surface area contributed by atoms with Gasteiger partial charge in [-0.1, -0.05) is 50.2 Å². The minimum absolute atomic E-state index is 0.0244. The van der Waals surface area contributed by atoms with E-state index in [2.05, 4.69) is 66.9 Å². The second-order valence-corrected chi connectivity index (χ2v) is 20.8. The lowest BCUT2D eigenvalue weighted by Crippen LogP contribution is -2.47. The Labute approximate surface area is 455 Å². The van der Waals surface area contributed by atoms with Crippen molar-refractivity contribution in [1.29, 1.82) is 0 Å². The Morgan fingerprint density at radius 3 is 2.38 bits per heavy atom. The van der Waals surface area contributed by atoms with Gasteiger partial charge < -0.3 is 40.1 Å². The minimum atomic E-state index is -1.18. The van der Waals surface area contributed by atoms with Crippen molar-refractivity contribution < 1.29 is 33.8 Å². The lowest BCUT2D eigenvalue weighted by atomic mass is 9.84. The summed E-state index contributed by atoms with van der Waals surface area (Å²) in [5, 5.41) is 19.5. The number of aromatic amines is 2. The maximum atomic E-state index is 13.7. The second kappa shape index (κ2) is 22.8. The molecule has 0 spiro atoms. The quantitative estimate of drug-likeness (QED) is 0.0567. The first-order valence-corrected chi connectivity index (χ1v) is 26.9. The summed E-state index contributed by atoms with van der Waals surface area (Å²) >= 11 is 7.61. The van der Waals surface area contributed by atoms with Crippen LogP contribution in [0.2, 0.25) is 5.02 Å². The molecule has 1 fully saturated rings. The van der Waals surface area contributed by atoms with Crippen molar-refractivity contribution in [1.82, 2.24) is 39.8 Å². The Morgan fingerprint density at radius 2 is 1.66 bits per heavy atom. The molecule has 3 aliphatic rings. The number of carbonyl (C=O) groups excluding carboxylic acids is 3. The summed E-state index contributed by atoms with van der Waals surface area (Å²) in [7, 11) is 1.29. The van der Waals surface area contributed by atoms with Crippen LogP contribution in [0.3, 0.4) is 0 Å². The third kappa shape index (κ3) is 11.4. The first kappa shape index (κ1) is 54.1. The van der Waals surface area contributed by atoms with Crippen LogP contribution in [0, 0.1) is 27.7 Å². The van der Waals surface area contributed by atoms with E-state index in [1.807, 2.05) is 64.1 Å². The van der Waals surface area contributed by atoms with Gasteiger partial charge in [0.25, 0.3) is 5.91 Å². The number of anilines is 4. The number of para-hydroxylation sites is 1. The predicted octanol–water partition coefficient (Wildman–Crippen LogP) is 10.4. The van der Waals surface area contributed by atoms with Crippen molar-refractivity contribution in [3.63, 3.8) is 0 Å². The van der Waals surface area contributed by atoms with Crippen LogP contribution >= 0.6 is 22.9 Å². The number of allylic oxidation sites excluding steroid dienone is 1. The number of H-pyrrole nitrogens is 2. The SMILES string of the molecule is C=Cc1c(C)c2cc3nc(c(CC(=O)OC)c4nc(cc5[nH]c(cc1[nH]2)c(C)c5CC)C(C)=C4C(=O)O)[C@@H](CCC(=O)OCCN1CCN(c2cc(Nc4nc(C(=O)Nc5c(C)cccc5Cl)cs4)nc(C)n2)CC1)[C@@H]3C. The van der Waals surface area contributed by atoms with E-state index in [-0.39, 0.29) is 54.2 Å². The predicted molar refractivity (Wildman–Crippen MR) is 302 cm³/mol. The zero-order chi connectivity index (χ0) is 54.8. The molecule has 8 bridgehead atoms. The number of nitrogens with zero attached hydrogens (tertiary/aromatic N) is 7. The Hall–Kier alpha value is -7.74. The molecule has 0 radical (unpaired) electrons. The highest BCUT2D eigenvalue weighted by Gasteiger charge is 2.36. The molecule has 1 saturated heterocycles. The molecule has 8 heterocycles. The number of carboxylic acids is 1. The van der Waals surface area contributed by atoms with E-state index in [1.165, 1.54) is 18.4 Å². The van der Waals surface area contributed by atoms with Gasteiger partial charge in [0.2, 0.25) is 0 Å². The number of nitrogens with one attached hydrogen (secondary N) is 4. The highest BCUT2D eigenvalue weighted by molar-refractivity contribution is 7.14. The molecule has 1 aromatic carbocycles. The first-order valence-electron chi connectivity index (χ1n) is 25.6. The molecule has 0 saturated carbocycles. The number of rotatable bonds is 16. The Kier molecular flexibility index (Phi) is 16.0. The van der Waals surface area contributed by atoms with Crippen LogP contribution < -0.4 is 15.5 Å². The molecule has 0 unspecified atom stereocenters. The first-order chi connectivity index (χ1) is 36.9. The van der Waals surface area contributed by atoms with Gasteiger partial charge in [-0.3, -0.25) is 24.3 Å². The van der Waals surface area contributed by atoms with Crippen LogP contribution in [0.25, 0.3) is 39.3 Å². The summed E-state index contributed by atoms with van der Waals surface area (Å²) < 4.78 is 11.1. The lowest BCUT2D eigenvalue weighted by molar-refractivity contribution is -0.144. The number of amides is 1. The maximum Gasteiger partial charge on any atom is 0.338 e. The van der Waals surface area contributed by atoms with Gasteiger partial charge in [0.15, 0.2) is 5.13 Å². The Bertz CT molecular complexity index is 3540. The number of aliphatic carboxylic acids is 1. The number of hydrogen-bond acceptors (Lipinski definition) is 15. The molecule has 77 heavy (non-hydrogen) atoms. The number of ether oxygens (including phenoxy) is 2. The van der Waals surface area contributed by atoms with Gasteiger partial charge >= 0.3 is 17.9 Å². The summed E-state index contributed by atoms with van der Waals surface area (Å²) in [5.74, 6) is -1.32.